The summed E-state index contributed by atoms with van der Waals surface area (Å²) in [6.45, 7) is 10.0. The van der Waals surface area contributed by atoms with Crippen LogP contribution < -0.4 is 30.4 Å². The summed E-state index contributed by atoms with van der Waals surface area (Å²) in [6.07, 6.45) is 7.51. The highest BCUT2D eigenvalue weighted by Gasteiger charge is 2.31. The van der Waals surface area contributed by atoms with Crippen LogP contribution in [0.15, 0.2) is 53.7 Å². The van der Waals surface area contributed by atoms with E-state index in [1.54, 1.807) is 13.3 Å². The zero-order valence-electron chi connectivity index (χ0n) is 27.2. The highest BCUT2D eigenvalue weighted by Crippen LogP contribution is 2.40. The van der Waals surface area contributed by atoms with Gasteiger partial charge in [-0.1, -0.05) is 6.92 Å². The maximum absolute atomic E-state index is 16.0. The molecule has 2 N–H and O–H groups in total. The second-order valence-electron chi connectivity index (χ2n) is 12.7. The Morgan fingerprint density at radius 3 is 2.68 bits per heavy atom. The molecule has 47 heavy (non-hydrogen) atoms. The van der Waals surface area contributed by atoms with E-state index in [9.17, 15) is 4.79 Å². The van der Waals surface area contributed by atoms with E-state index in [0.717, 1.165) is 56.8 Å². The van der Waals surface area contributed by atoms with E-state index >= 15 is 4.39 Å². The van der Waals surface area contributed by atoms with Crippen molar-refractivity contribution >= 4 is 28.1 Å². The maximum atomic E-state index is 16.0. The number of nitrogen functional groups attached to an aromatic ring is 1. The van der Waals surface area contributed by atoms with Crippen molar-refractivity contribution in [1.29, 1.82) is 0 Å². The van der Waals surface area contributed by atoms with Crippen LogP contribution in [0.3, 0.4) is 0 Å². The molecule has 0 radical (unpaired) electrons. The number of aromatic nitrogens is 3. The quantitative estimate of drug-likeness (QED) is 0.291. The molecule has 0 amide bonds. The minimum Gasteiger partial charge on any atom is -0.487 e. The van der Waals surface area contributed by atoms with Crippen LogP contribution in [0.4, 0.5) is 21.6 Å². The molecule has 1 aromatic carbocycles. The molecule has 11 nitrogen and oxygen atoms in total. The van der Waals surface area contributed by atoms with Gasteiger partial charge in [0.05, 0.1) is 36.4 Å². The van der Waals surface area contributed by atoms with Crippen molar-refractivity contribution in [3.8, 4) is 11.6 Å². The van der Waals surface area contributed by atoms with E-state index in [1.807, 2.05) is 36.7 Å². The summed E-state index contributed by atoms with van der Waals surface area (Å²) < 4.78 is 29.7. The van der Waals surface area contributed by atoms with E-state index < -0.39 is 5.82 Å². The number of hydrogen-bond donors (Lipinski definition) is 1. The van der Waals surface area contributed by atoms with Crippen molar-refractivity contribution in [2.45, 2.75) is 45.4 Å². The lowest BCUT2D eigenvalue weighted by Crippen LogP contribution is -2.48. The standard InChI is InChI=1S/C35H43FN8O3/c1-3-40-11-13-41(14-12-40)33-29(36)18-28-32-35(33)47-16-15-43(32)21-25(34(28)45)22-44(20-24-8-9-38-31(17-24)46-2)27-5-4-10-42(23-27)26-6-7-30(37)39-19-26/h6-9,17-19,21,27H,3-5,10-16,20,22-23H2,1-2H3,(H2,37,39). The molecule has 3 aromatic heterocycles. The number of pyridine rings is 3. The molecule has 0 aliphatic carbocycles. The third-order valence-corrected chi connectivity index (χ3v) is 9.85. The molecule has 0 spiro atoms. The minimum absolute atomic E-state index is 0.150. The Bertz CT molecular complexity index is 1790. The molecule has 1 atom stereocenters. The van der Waals surface area contributed by atoms with Gasteiger partial charge in [-0.2, -0.15) is 0 Å². The number of likely N-dealkylation sites (N-methyl/N-ethyl adjacent to an activating group) is 1. The summed E-state index contributed by atoms with van der Waals surface area (Å²) in [6, 6.07) is 9.35. The van der Waals surface area contributed by atoms with Crippen molar-refractivity contribution in [3.63, 3.8) is 0 Å². The number of halogens is 1. The van der Waals surface area contributed by atoms with Crippen LogP contribution in [0.5, 0.6) is 11.6 Å². The lowest BCUT2D eigenvalue weighted by atomic mass is 10.0. The first-order valence-electron chi connectivity index (χ1n) is 16.6. The largest absolute Gasteiger partial charge is 0.487 e. The molecule has 0 saturated carbocycles. The molecule has 2 fully saturated rings. The van der Waals surface area contributed by atoms with Gasteiger partial charge in [-0.15, -0.1) is 0 Å². The fourth-order valence-electron chi connectivity index (χ4n) is 7.30. The van der Waals surface area contributed by atoms with Crippen molar-refractivity contribution < 1.29 is 13.9 Å². The molecule has 6 heterocycles. The maximum Gasteiger partial charge on any atom is 0.213 e. The van der Waals surface area contributed by atoms with Crippen LogP contribution in [0, 0.1) is 5.82 Å². The van der Waals surface area contributed by atoms with E-state index in [1.165, 1.54) is 6.07 Å². The number of methoxy groups -OCH3 is 1. The first kappa shape index (κ1) is 31.2. The van der Waals surface area contributed by atoms with E-state index in [0.29, 0.717) is 78.9 Å². The van der Waals surface area contributed by atoms with Gasteiger partial charge in [-0.3, -0.25) is 9.69 Å². The lowest BCUT2D eigenvalue weighted by molar-refractivity contribution is 0.157. The molecule has 2 saturated heterocycles. The molecular formula is C35H43FN8O3. The monoisotopic (exact) mass is 642 g/mol. The van der Waals surface area contributed by atoms with Crippen LogP contribution in [0.1, 0.15) is 30.9 Å². The smallest absolute Gasteiger partial charge is 0.213 e. The molecule has 0 bridgehead atoms. The average Bonchev–Trinajstić information content (AvgIpc) is 3.10. The van der Waals surface area contributed by atoms with Gasteiger partial charge in [-0.05, 0) is 49.2 Å². The third-order valence-electron chi connectivity index (χ3n) is 9.85. The van der Waals surface area contributed by atoms with Crippen molar-refractivity contribution in [3.05, 3.63) is 76.1 Å². The second-order valence-corrected chi connectivity index (χ2v) is 12.7. The summed E-state index contributed by atoms with van der Waals surface area (Å²) in [5, 5.41) is 0.370. The fraction of sp³-hybridized carbons (Fsp3) is 0.457. The first-order chi connectivity index (χ1) is 22.9. The van der Waals surface area contributed by atoms with Gasteiger partial charge < -0.3 is 34.5 Å². The molecule has 4 aromatic rings. The molecule has 7 rings (SSSR count). The second kappa shape index (κ2) is 13.4. The summed E-state index contributed by atoms with van der Waals surface area (Å²) in [5.41, 5.74) is 9.58. The molecule has 1 unspecified atom stereocenters. The van der Waals surface area contributed by atoms with Gasteiger partial charge in [0, 0.05) is 82.4 Å². The number of nitrogens with two attached hydrogens (primary N) is 1. The Kier molecular flexibility index (Phi) is 8.87. The average molecular weight is 643 g/mol. The van der Waals surface area contributed by atoms with Gasteiger partial charge >= 0.3 is 0 Å². The fourth-order valence-corrected chi connectivity index (χ4v) is 7.30. The number of hydrogen-bond acceptors (Lipinski definition) is 10. The zero-order chi connectivity index (χ0) is 32.5. The zero-order valence-corrected chi connectivity index (χ0v) is 27.2. The lowest BCUT2D eigenvalue weighted by Gasteiger charge is -2.40. The molecule has 12 heteroatoms. The van der Waals surface area contributed by atoms with Gasteiger partial charge in [0.2, 0.25) is 5.88 Å². The van der Waals surface area contributed by atoms with E-state index in [2.05, 4.69) is 41.1 Å². The predicted octanol–water partition coefficient (Wildman–Crippen LogP) is 3.73. The van der Waals surface area contributed by atoms with Gasteiger partial charge in [0.1, 0.15) is 18.1 Å². The predicted molar refractivity (Wildman–Crippen MR) is 182 cm³/mol. The topological polar surface area (TPSA) is 105 Å². The minimum atomic E-state index is -0.402. The number of nitrogens with zero attached hydrogens (tertiary/aromatic N) is 7. The van der Waals surface area contributed by atoms with Crippen LogP contribution in [0.25, 0.3) is 10.9 Å². The number of benzene rings is 1. The molecule has 3 aliphatic heterocycles. The van der Waals surface area contributed by atoms with Crippen molar-refractivity contribution in [2.75, 3.05) is 75.1 Å². The molecular weight excluding hydrogens is 599 g/mol. The Morgan fingerprint density at radius 1 is 1.06 bits per heavy atom. The first-order valence-corrected chi connectivity index (χ1v) is 16.6. The highest BCUT2D eigenvalue weighted by molar-refractivity contribution is 5.92. The number of anilines is 3. The Balaban J connectivity index is 1.24. The normalized spacial score (nSPS) is 18.5. The number of piperidine rings is 1. The van der Waals surface area contributed by atoms with Crippen LogP contribution in [-0.4, -0.2) is 89.9 Å². The summed E-state index contributed by atoms with van der Waals surface area (Å²) in [5.74, 6) is 1.12. The number of rotatable bonds is 9. The summed E-state index contributed by atoms with van der Waals surface area (Å²) >= 11 is 0. The number of ether oxygens (including phenoxy) is 2. The van der Waals surface area contributed by atoms with Crippen LogP contribution in [0.2, 0.25) is 0 Å². The highest BCUT2D eigenvalue weighted by atomic mass is 19.1. The summed E-state index contributed by atoms with van der Waals surface area (Å²) in [4.78, 5) is 32.0. The van der Waals surface area contributed by atoms with Crippen LogP contribution >= 0.6 is 0 Å². The van der Waals surface area contributed by atoms with Gasteiger partial charge in [0.25, 0.3) is 0 Å². The Hall–Kier alpha value is -4.42. The SMILES string of the molecule is CCN1CCN(c2c(F)cc3c(=O)c(CN(Cc4ccnc(OC)c4)C4CCCN(c5ccc(N)nc5)C4)cn4c3c2OCC4)CC1. The Morgan fingerprint density at radius 2 is 1.91 bits per heavy atom. The van der Waals surface area contributed by atoms with E-state index in [4.69, 9.17) is 15.2 Å². The van der Waals surface area contributed by atoms with Crippen molar-refractivity contribution in [1.82, 2.24) is 24.3 Å². The van der Waals surface area contributed by atoms with Gasteiger partial charge in [-0.25, -0.2) is 14.4 Å². The van der Waals surface area contributed by atoms with Gasteiger partial charge in [0.15, 0.2) is 17.0 Å². The molecule has 248 valence electrons. The Labute approximate surface area is 274 Å². The van der Waals surface area contributed by atoms with E-state index in [-0.39, 0.29) is 11.5 Å². The summed E-state index contributed by atoms with van der Waals surface area (Å²) in [7, 11) is 1.61. The third kappa shape index (κ3) is 6.31. The number of piperazine rings is 1. The van der Waals surface area contributed by atoms with Crippen LogP contribution in [-0.2, 0) is 19.6 Å². The van der Waals surface area contributed by atoms with Crippen molar-refractivity contribution in [2.24, 2.45) is 0 Å². The molecule has 3 aliphatic rings.